The standard InChI is InChI=1S/C46H82O17/c1-13-22(2)14-23(3)15-29(9)44(63-46-43(58)42(57)41(56)35(62-46)21-60-32(12)48)30(10)18-27(7)37(52)25(5)16-24(4)36(51)26(6)17-28(8)38(53)31(11)45(59)61-20-34(50)40(55)39(54)33(49)19-47/h16-18,22-23,25-26,29-31,33-44,46-47,49-58H,13-15,19-21H2,1-12H3. The van der Waals surface area contributed by atoms with Gasteiger partial charge in [-0.3, -0.25) is 9.59 Å². The molecule has 0 saturated carbocycles. The van der Waals surface area contributed by atoms with Crippen LogP contribution in [0, 0.1) is 41.4 Å². The van der Waals surface area contributed by atoms with Gasteiger partial charge in [-0.1, -0.05) is 73.1 Å². The summed E-state index contributed by atoms with van der Waals surface area (Å²) in [4.78, 5) is 24.1. The third-order valence-corrected chi connectivity index (χ3v) is 12.3. The molecular weight excluding hydrogens is 824 g/mol. The van der Waals surface area contributed by atoms with Crippen molar-refractivity contribution >= 4 is 11.9 Å². The zero-order chi connectivity index (χ0) is 48.6. The number of carbonyl (C=O) groups excluding carboxylic acids is 2. The van der Waals surface area contributed by atoms with Crippen molar-refractivity contribution in [2.24, 2.45) is 41.4 Å². The average molecular weight is 907 g/mol. The Bertz CT molecular complexity index is 1450. The van der Waals surface area contributed by atoms with Gasteiger partial charge in [0.05, 0.1) is 36.9 Å². The quantitative estimate of drug-likeness (QED) is 0.0409. The second-order valence-electron chi connectivity index (χ2n) is 18.3. The van der Waals surface area contributed by atoms with Crippen LogP contribution in [-0.2, 0) is 28.5 Å². The van der Waals surface area contributed by atoms with E-state index in [1.54, 1.807) is 46.8 Å². The van der Waals surface area contributed by atoms with Crippen LogP contribution in [0.1, 0.15) is 102 Å². The van der Waals surface area contributed by atoms with Crippen molar-refractivity contribution in [3.8, 4) is 0 Å². The Balaban J connectivity index is 3.18. The highest BCUT2D eigenvalue weighted by Crippen LogP contribution is 2.33. The lowest BCUT2D eigenvalue weighted by Crippen LogP contribution is -2.60. The van der Waals surface area contributed by atoms with Gasteiger partial charge in [-0.05, 0) is 75.0 Å². The van der Waals surface area contributed by atoms with Gasteiger partial charge in [-0.25, -0.2) is 0 Å². The number of hydrogen-bond donors (Lipinski definition) is 11. The van der Waals surface area contributed by atoms with E-state index < -0.39 is 122 Å². The molecule has 1 fully saturated rings. The number of esters is 2. The Morgan fingerprint density at radius 2 is 1.13 bits per heavy atom. The van der Waals surface area contributed by atoms with Crippen LogP contribution in [-0.4, -0.2) is 167 Å². The van der Waals surface area contributed by atoms with Gasteiger partial charge >= 0.3 is 11.9 Å². The van der Waals surface area contributed by atoms with Crippen molar-refractivity contribution in [2.45, 2.75) is 182 Å². The smallest absolute Gasteiger partial charge is 0.311 e. The zero-order valence-corrected chi connectivity index (χ0v) is 39.4. The van der Waals surface area contributed by atoms with Crippen LogP contribution < -0.4 is 0 Å². The van der Waals surface area contributed by atoms with E-state index in [9.17, 15) is 60.7 Å². The Hall–Kier alpha value is -2.36. The van der Waals surface area contributed by atoms with Gasteiger partial charge in [0.15, 0.2) is 6.29 Å². The van der Waals surface area contributed by atoms with Crippen molar-refractivity contribution in [3.63, 3.8) is 0 Å². The molecule has 1 aliphatic rings. The molecule has 63 heavy (non-hydrogen) atoms. The average Bonchev–Trinajstić information content (AvgIpc) is 3.23. The molecular formula is C46H82O17. The molecule has 20 unspecified atom stereocenters. The summed E-state index contributed by atoms with van der Waals surface area (Å²) >= 11 is 0. The highest BCUT2D eigenvalue weighted by atomic mass is 16.7. The van der Waals surface area contributed by atoms with Crippen LogP contribution in [0.15, 0.2) is 34.9 Å². The van der Waals surface area contributed by atoms with E-state index >= 15 is 0 Å². The minimum atomic E-state index is -1.92. The number of aliphatic hydroxyl groups excluding tert-OH is 11. The molecule has 0 amide bonds. The van der Waals surface area contributed by atoms with Crippen LogP contribution in [0.3, 0.4) is 0 Å². The summed E-state index contributed by atoms with van der Waals surface area (Å²) in [6.07, 6.45) is -10.5. The van der Waals surface area contributed by atoms with Crippen LogP contribution in [0.25, 0.3) is 0 Å². The second kappa shape index (κ2) is 28.0. The molecule has 17 heteroatoms. The molecule has 20 atom stereocenters. The fraction of sp³-hybridized carbons (Fsp3) is 0.826. The van der Waals surface area contributed by atoms with Crippen molar-refractivity contribution in [3.05, 3.63) is 34.9 Å². The molecule has 1 aliphatic heterocycles. The van der Waals surface area contributed by atoms with E-state index in [2.05, 4.69) is 20.8 Å². The van der Waals surface area contributed by atoms with Gasteiger partial charge in [0.1, 0.15) is 62.0 Å². The molecule has 0 aromatic heterocycles. The van der Waals surface area contributed by atoms with E-state index in [-0.39, 0.29) is 18.4 Å². The van der Waals surface area contributed by atoms with Crippen LogP contribution in [0.4, 0.5) is 0 Å². The maximum absolute atomic E-state index is 12.7. The highest BCUT2D eigenvalue weighted by Gasteiger charge is 2.46. The third kappa shape index (κ3) is 18.4. The minimum absolute atomic E-state index is 0.0904. The predicted molar refractivity (Wildman–Crippen MR) is 233 cm³/mol. The summed E-state index contributed by atoms with van der Waals surface area (Å²) in [7, 11) is 0. The molecule has 0 spiro atoms. The number of hydrogen-bond acceptors (Lipinski definition) is 17. The molecule has 11 N–H and O–H groups in total. The van der Waals surface area contributed by atoms with Gasteiger partial charge in [0, 0.05) is 24.7 Å². The Kier molecular flexibility index (Phi) is 26.0. The maximum Gasteiger partial charge on any atom is 0.311 e. The van der Waals surface area contributed by atoms with Crippen molar-refractivity contribution < 1.29 is 84.7 Å². The molecule has 17 nitrogen and oxygen atoms in total. The fourth-order valence-corrected chi connectivity index (χ4v) is 8.15. The lowest BCUT2D eigenvalue weighted by atomic mass is 9.82. The first-order valence-corrected chi connectivity index (χ1v) is 22.3. The van der Waals surface area contributed by atoms with E-state index in [0.717, 1.165) is 19.3 Å². The van der Waals surface area contributed by atoms with Crippen molar-refractivity contribution in [1.82, 2.24) is 0 Å². The largest absolute Gasteiger partial charge is 0.463 e. The maximum atomic E-state index is 12.7. The van der Waals surface area contributed by atoms with E-state index in [1.165, 1.54) is 13.8 Å². The number of carbonyl (C=O) groups is 2. The molecule has 1 heterocycles. The first kappa shape index (κ1) is 58.7. The summed E-state index contributed by atoms with van der Waals surface area (Å²) < 4.78 is 22.4. The lowest BCUT2D eigenvalue weighted by molar-refractivity contribution is -0.317. The first-order valence-electron chi connectivity index (χ1n) is 22.3. The fourth-order valence-electron chi connectivity index (χ4n) is 8.15. The second-order valence-corrected chi connectivity index (χ2v) is 18.3. The summed E-state index contributed by atoms with van der Waals surface area (Å²) in [5, 5.41) is 114. The summed E-state index contributed by atoms with van der Waals surface area (Å²) in [6.45, 7) is 19.7. The normalized spacial score (nSPS) is 27.6. The minimum Gasteiger partial charge on any atom is -0.463 e. The van der Waals surface area contributed by atoms with Gasteiger partial charge in [0.2, 0.25) is 0 Å². The van der Waals surface area contributed by atoms with E-state index in [0.29, 0.717) is 28.6 Å². The third-order valence-electron chi connectivity index (χ3n) is 12.3. The SMILES string of the molecule is CCC(C)CC(C)CC(C)C(OC1OC(COC(C)=O)C(O)C(O)C1O)C(C)C=C(C)C(O)C(C)C=C(C)C(O)C(C)C=C(C)C(O)C(C)C(=O)OCC(O)C(O)C(O)C(O)CO. The molecule has 0 aromatic carbocycles. The first-order chi connectivity index (χ1) is 29.2. The van der Waals surface area contributed by atoms with E-state index in [4.69, 9.17) is 24.1 Å². The van der Waals surface area contributed by atoms with Crippen LogP contribution in [0.2, 0.25) is 0 Å². The molecule has 0 bridgehead atoms. The van der Waals surface area contributed by atoms with Crippen LogP contribution >= 0.6 is 0 Å². The number of ether oxygens (including phenoxy) is 4. The van der Waals surface area contributed by atoms with E-state index in [1.807, 2.05) is 19.9 Å². The monoisotopic (exact) mass is 907 g/mol. The summed E-state index contributed by atoms with van der Waals surface area (Å²) in [5.41, 5.74) is 1.50. The number of rotatable bonds is 27. The predicted octanol–water partition coefficient (Wildman–Crippen LogP) is 1.29. The Morgan fingerprint density at radius 3 is 1.62 bits per heavy atom. The van der Waals surface area contributed by atoms with Crippen molar-refractivity contribution in [2.75, 3.05) is 19.8 Å². The van der Waals surface area contributed by atoms with Crippen molar-refractivity contribution in [1.29, 1.82) is 0 Å². The summed E-state index contributed by atoms with van der Waals surface area (Å²) in [6, 6.07) is 0. The zero-order valence-electron chi connectivity index (χ0n) is 39.4. The highest BCUT2D eigenvalue weighted by molar-refractivity contribution is 5.73. The Labute approximate surface area is 374 Å². The molecule has 0 aromatic rings. The molecule has 1 saturated heterocycles. The van der Waals surface area contributed by atoms with Gasteiger partial charge in [-0.2, -0.15) is 0 Å². The van der Waals surface area contributed by atoms with Gasteiger partial charge < -0.3 is 75.1 Å². The molecule has 1 rings (SSSR count). The van der Waals surface area contributed by atoms with Gasteiger partial charge in [-0.15, -0.1) is 0 Å². The number of aliphatic hydroxyl groups is 11. The Morgan fingerprint density at radius 1 is 0.635 bits per heavy atom. The summed E-state index contributed by atoms with van der Waals surface area (Å²) in [5.74, 6) is -3.27. The topological polar surface area (TPSA) is 294 Å². The molecule has 368 valence electrons. The van der Waals surface area contributed by atoms with Crippen LogP contribution in [0.5, 0.6) is 0 Å². The lowest BCUT2D eigenvalue weighted by Gasteiger charge is -2.43. The molecule has 0 aliphatic carbocycles. The van der Waals surface area contributed by atoms with Gasteiger partial charge in [0.25, 0.3) is 0 Å². The molecule has 0 radical (unpaired) electrons.